The molecule has 4 aliphatic carbocycles. The van der Waals surface area contributed by atoms with Crippen LogP contribution in [0.5, 0.6) is 0 Å². The van der Waals surface area contributed by atoms with Gasteiger partial charge in [0, 0.05) is 37.7 Å². The molecule has 1 amide bonds. The second-order valence-electron chi connectivity index (χ2n) is 9.75. The van der Waals surface area contributed by atoms with Crippen molar-refractivity contribution in [1.29, 1.82) is 0 Å². The lowest BCUT2D eigenvalue weighted by molar-refractivity contribution is -0.169. The zero-order valence-electron chi connectivity index (χ0n) is 19.1. The SMILES string of the molecule is CN(C)C1=C2CC3CC4C(N(C)C)C(=O)C(C(N)=O)C(=O)C4(O)C(O)=C3C(O)=C2C(=O)CC1. The van der Waals surface area contributed by atoms with Crippen molar-refractivity contribution < 1.29 is 34.5 Å². The van der Waals surface area contributed by atoms with Crippen molar-refractivity contribution >= 4 is 23.3 Å². The molecule has 5 N–H and O–H groups in total. The Hall–Kier alpha value is -2.98. The van der Waals surface area contributed by atoms with Gasteiger partial charge >= 0.3 is 0 Å². The van der Waals surface area contributed by atoms with Gasteiger partial charge in [-0.15, -0.1) is 0 Å². The van der Waals surface area contributed by atoms with Gasteiger partial charge in [-0.25, -0.2) is 0 Å². The van der Waals surface area contributed by atoms with Gasteiger partial charge in [0.15, 0.2) is 28.9 Å². The minimum atomic E-state index is -2.59. The normalized spacial score (nSPS) is 34.4. The Kier molecular flexibility index (Phi) is 5.29. The van der Waals surface area contributed by atoms with Gasteiger partial charge in [0.05, 0.1) is 11.6 Å². The molecule has 4 rings (SSSR count). The topological polar surface area (TPSA) is 161 Å². The third-order valence-corrected chi connectivity index (χ3v) is 7.54. The van der Waals surface area contributed by atoms with Gasteiger partial charge in [-0.1, -0.05) is 0 Å². The molecule has 178 valence electrons. The van der Waals surface area contributed by atoms with Crippen molar-refractivity contribution in [2.45, 2.75) is 37.3 Å². The summed E-state index contributed by atoms with van der Waals surface area (Å²) in [6.07, 6.45) is 1.08. The van der Waals surface area contributed by atoms with E-state index in [9.17, 15) is 34.5 Å². The molecule has 10 nitrogen and oxygen atoms in total. The van der Waals surface area contributed by atoms with Crippen LogP contribution in [0.3, 0.4) is 0 Å². The number of amides is 1. The third kappa shape index (κ3) is 3.00. The molecule has 33 heavy (non-hydrogen) atoms. The van der Waals surface area contributed by atoms with E-state index in [-0.39, 0.29) is 29.8 Å². The number of Topliss-reactive ketones (excluding diaryl/α,β-unsaturated/α-hetero) is 3. The maximum atomic E-state index is 13.2. The highest BCUT2D eigenvalue weighted by atomic mass is 16.3. The number of hydrogen-bond acceptors (Lipinski definition) is 9. The molecule has 5 atom stereocenters. The highest BCUT2D eigenvalue weighted by molar-refractivity contribution is 6.24. The molecule has 10 heteroatoms. The van der Waals surface area contributed by atoms with E-state index in [1.807, 2.05) is 19.0 Å². The van der Waals surface area contributed by atoms with Crippen LogP contribution in [-0.2, 0) is 19.2 Å². The van der Waals surface area contributed by atoms with Gasteiger partial charge < -0.3 is 26.0 Å². The van der Waals surface area contributed by atoms with Crippen molar-refractivity contribution in [2.24, 2.45) is 23.5 Å². The van der Waals surface area contributed by atoms with Crippen LogP contribution in [0.25, 0.3) is 0 Å². The maximum Gasteiger partial charge on any atom is 0.235 e. The summed E-state index contributed by atoms with van der Waals surface area (Å²) >= 11 is 0. The average molecular weight is 459 g/mol. The first-order valence-corrected chi connectivity index (χ1v) is 10.9. The summed E-state index contributed by atoms with van der Waals surface area (Å²) in [5.41, 5.74) is 4.30. The lowest BCUT2D eigenvalue weighted by Crippen LogP contribution is -2.69. The molecule has 0 radical (unpaired) electrons. The van der Waals surface area contributed by atoms with Crippen LogP contribution >= 0.6 is 0 Å². The summed E-state index contributed by atoms with van der Waals surface area (Å²) in [5, 5.41) is 33.9. The highest BCUT2D eigenvalue weighted by Gasteiger charge is 2.66. The number of aliphatic hydroxyl groups is 3. The zero-order valence-corrected chi connectivity index (χ0v) is 19.1. The lowest BCUT2D eigenvalue weighted by atomic mass is 9.56. The van der Waals surface area contributed by atoms with E-state index < -0.39 is 58.4 Å². The Morgan fingerprint density at radius 2 is 1.73 bits per heavy atom. The minimum Gasteiger partial charge on any atom is -0.508 e. The standard InChI is InChI=1S/C23H29N3O7/c1-25(2)12-5-6-13(27)15-10(12)7-9-8-11-17(26(3)4)19(29)16(22(24)32)21(31)23(11,33)20(30)14(9)18(15)28/h9,11,16-17,28,30,33H,5-8H2,1-4H3,(H2,24,32). The molecule has 1 saturated carbocycles. The molecule has 0 aromatic carbocycles. The number of nitrogens with zero attached hydrogens (tertiary/aromatic N) is 2. The van der Waals surface area contributed by atoms with Crippen LogP contribution in [0.4, 0.5) is 0 Å². The van der Waals surface area contributed by atoms with E-state index in [1.54, 1.807) is 14.1 Å². The summed E-state index contributed by atoms with van der Waals surface area (Å²) in [5.74, 6) is -8.22. The molecule has 0 aromatic rings. The fourth-order valence-corrected chi connectivity index (χ4v) is 6.11. The first-order valence-electron chi connectivity index (χ1n) is 10.9. The van der Waals surface area contributed by atoms with E-state index in [1.165, 1.54) is 4.90 Å². The predicted octanol–water partition coefficient (Wildman–Crippen LogP) is -0.256. The van der Waals surface area contributed by atoms with Crippen molar-refractivity contribution in [2.75, 3.05) is 28.2 Å². The number of hydrogen-bond donors (Lipinski definition) is 4. The number of aliphatic hydroxyl groups excluding tert-OH is 2. The summed E-state index contributed by atoms with van der Waals surface area (Å²) in [7, 11) is 6.85. The van der Waals surface area contributed by atoms with Crippen molar-refractivity contribution in [3.63, 3.8) is 0 Å². The Morgan fingerprint density at radius 3 is 2.27 bits per heavy atom. The monoisotopic (exact) mass is 459 g/mol. The van der Waals surface area contributed by atoms with Crippen LogP contribution in [0.1, 0.15) is 25.7 Å². The molecule has 0 heterocycles. The first kappa shape index (κ1) is 23.2. The quantitative estimate of drug-likeness (QED) is 0.417. The Labute approximate surface area is 191 Å². The first-order chi connectivity index (χ1) is 15.3. The van der Waals surface area contributed by atoms with Gasteiger partial charge in [0.2, 0.25) is 5.91 Å². The molecular formula is C23H29N3O7. The molecule has 0 saturated heterocycles. The average Bonchev–Trinajstić information content (AvgIpc) is 2.70. The number of carbonyl (C=O) groups excluding carboxylic acids is 4. The molecule has 5 unspecified atom stereocenters. The van der Waals surface area contributed by atoms with E-state index in [2.05, 4.69) is 0 Å². The van der Waals surface area contributed by atoms with Gasteiger partial charge in [0.25, 0.3) is 0 Å². The number of primary amides is 1. The number of nitrogens with two attached hydrogens (primary N) is 1. The smallest absolute Gasteiger partial charge is 0.235 e. The number of carbonyl (C=O) groups is 4. The van der Waals surface area contributed by atoms with E-state index in [0.29, 0.717) is 18.4 Å². The number of rotatable bonds is 3. The number of allylic oxidation sites excluding steroid dienone is 4. The lowest BCUT2D eigenvalue weighted by Gasteiger charge is -2.51. The van der Waals surface area contributed by atoms with Gasteiger partial charge in [-0.3, -0.25) is 24.1 Å². The zero-order chi connectivity index (χ0) is 24.6. The van der Waals surface area contributed by atoms with E-state index in [4.69, 9.17) is 5.73 Å². The third-order valence-electron chi connectivity index (χ3n) is 7.54. The molecular weight excluding hydrogens is 430 g/mol. The second-order valence-corrected chi connectivity index (χ2v) is 9.75. The Balaban J connectivity index is 1.98. The maximum absolute atomic E-state index is 13.2. The van der Waals surface area contributed by atoms with Gasteiger partial charge in [0.1, 0.15) is 11.5 Å². The summed E-state index contributed by atoms with van der Waals surface area (Å²) in [6.45, 7) is 0. The molecule has 0 spiro atoms. The fraction of sp³-hybridized carbons (Fsp3) is 0.565. The Morgan fingerprint density at radius 1 is 1.09 bits per heavy atom. The van der Waals surface area contributed by atoms with E-state index in [0.717, 1.165) is 5.70 Å². The van der Waals surface area contributed by atoms with Gasteiger partial charge in [-0.2, -0.15) is 0 Å². The van der Waals surface area contributed by atoms with Crippen LogP contribution in [0.2, 0.25) is 0 Å². The Bertz CT molecular complexity index is 1080. The number of ketones is 3. The number of fused-ring (bicyclic) bond motifs is 3. The molecule has 0 bridgehead atoms. The molecule has 4 aliphatic rings. The second kappa shape index (κ2) is 7.53. The molecule has 0 aromatic heterocycles. The summed E-state index contributed by atoms with van der Waals surface area (Å²) in [6, 6.07) is -1.06. The van der Waals surface area contributed by atoms with Crippen molar-refractivity contribution in [3.05, 3.63) is 33.9 Å². The molecule has 1 fully saturated rings. The molecule has 0 aliphatic heterocycles. The number of likely N-dealkylation sites (N-methyl/N-ethyl adjacent to an activating group) is 1. The van der Waals surface area contributed by atoms with Crippen LogP contribution in [-0.4, -0.2) is 88.2 Å². The summed E-state index contributed by atoms with van der Waals surface area (Å²) in [4.78, 5) is 54.4. The van der Waals surface area contributed by atoms with Gasteiger partial charge in [-0.05, 0) is 44.8 Å². The van der Waals surface area contributed by atoms with Crippen molar-refractivity contribution in [1.82, 2.24) is 9.80 Å². The van der Waals surface area contributed by atoms with Crippen LogP contribution < -0.4 is 5.73 Å². The largest absolute Gasteiger partial charge is 0.508 e. The van der Waals surface area contributed by atoms with Crippen LogP contribution in [0.15, 0.2) is 33.9 Å². The predicted molar refractivity (Wildman–Crippen MR) is 116 cm³/mol. The highest BCUT2D eigenvalue weighted by Crippen LogP contribution is 2.54. The fourth-order valence-electron chi connectivity index (χ4n) is 6.11. The summed E-state index contributed by atoms with van der Waals surface area (Å²) < 4.78 is 0. The van der Waals surface area contributed by atoms with E-state index >= 15 is 0 Å². The van der Waals surface area contributed by atoms with Crippen molar-refractivity contribution in [3.8, 4) is 0 Å². The van der Waals surface area contributed by atoms with Crippen LogP contribution in [0, 0.1) is 17.8 Å². The minimum absolute atomic E-state index is 0.0794.